The van der Waals surface area contributed by atoms with Crippen LogP contribution >= 0.6 is 0 Å². The molecule has 7 rings (SSSR count). The van der Waals surface area contributed by atoms with E-state index in [2.05, 4.69) is 6.07 Å². The van der Waals surface area contributed by atoms with Crippen LogP contribution in [0.25, 0.3) is 28.0 Å². The van der Waals surface area contributed by atoms with Crippen LogP contribution in [0, 0.1) is 18.3 Å². The Hall–Kier alpha value is -4.96. The predicted molar refractivity (Wildman–Crippen MR) is 131 cm³/mol. The molecule has 1 aliphatic carbocycles. The third-order valence-corrected chi connectivity index (χ3v) is 6.85. The standard InChI is InChI=1S/C28H18N6O/c1-16-23-27(34(33-16)17-9-3-2-4-10-17)35-26(30)20(15-29)28(23)19-12-6-5-11-18(19)24-25(28)32-22-14-8-7-13-21(22)31-24/h2-14H,30H2,1H3. The van der Waals surface area contributed by atoms with Crippen LogP contribution in [0.2, 0.25) is 0 Å². The van der Waals surface area contributed by atoms with Gasteiger partial charge in [-0.05, 0) is 36.8 Å². The molecule has 0 fully saturated rings. The Morgan fingerprint density at radius 2 is 1.60 bits per heavy atom. The number of benzene rings is 3. The van der Waals surface area contributed by atoms with E-state index in [9.17, 15) is 5.26 Å². The van der Waals surface area contributed by atoms with E-state index in [0.717, 1.165) is 44.8 Å². The molecule has 2 aromatic heterocycles. The Kier molecular flexibility index (Phi) is 3.78. The fourth-order valence-electron chi connectivity index (χ4n) is 5.48. The Balaban J connectivity index is 1.67. The van der Waals surface area contributed by atoms with Crippen molar-refractivity contribution < 1.29 is 4.74 Å². The normalized spacial score (nSPS) is 17.6. The Labute approximate surface area is 200 Å². The smallest absolute Gasteiger partial charge is 0.229 e. The minimum absolute atomic E-state index is 0.0368. The molecular formula is C28H18N6O. The van der Waals surface area contributed by atoms with Crippen molar-refractivity contribution in [3.05, 3.63) is 113 Å². The van der Waals surface area contributed by atoms with Gasteiger partial charge in [-0.1, -0.05) is 54.6 Å². The van der Waals surface area contributed by atoms with Crippen LogP contribution in [0.15, 0.2) is 90.3 Å². The molecule has 7 nitrogen and oxygen atoms in total. The van der Waals surface area contributed by atoms with E-state index in [1.165, 1.54) is 0 Å². The largest absolute Gasteiger partial charge is 0.422 e. The van der Waals surface area contributed by atoms with Crippen LogP contribution in [0.3, 0.4) is 0 Å². The molecule has 2 aliphatic rings. The van der Waals surface area contributed by atoms with Crippen LogP contribution < -0.4 is 10.5 Å². The number of allylic oxidation sites excluding steroid dienone is 1. The summed E-state index contributed by atoms with van der Waals surface area (Å²) in [7, 11) is 0. The van der Waals surface area contributed by atoms with E-state index in [1.54, 1.807) is 4.68 Å². The minimum atomic E-state index is -1.09. The first kappa shape index (κ1) is 19.5. The van der Waals surface area contributed by atoms with E-state index < -0.39 is 5.41 Å². The summed E-state index contributed by atoms with van der Waals surface area (Å²) < 4.78 is 7.87. The third kappa shape index (κ3) is 2.35. The maximum absolute atomic E-state index is 10.4. The summed E-state index contributed by atoms with van der Waals surface area (Å²) in [5, 5.41) is 15.3. The zero-order valence-corrected chi connectivity index (χ0v) is 18.7. The SMILES string of the molecule is Cc1nn(-c2ccccc2)c2c1C1(C(C#N)=C(N)O2)c2ccccc2-c2nc3ccccc3nc21. The maximum Gasteiger partial charge on any atom is 0.229 e. The molecule has 0 bridgehead atoms. The number of fused-ring (bicyclic) bond motifs is 8. The van der Waals surface area contributed by atoms with E-state index in [0.29, 0.717) is 11.6 Å². The van der Waals surface area contributed by atoms with Gasteiger partial charge in [0.15, 0.2) is 0 Å². The molecule has 0 saturated heterocycles. The van der Waals surface area contributed by atoms with Gasteiger partial charge in [-0.25, -0.2) is 14.6 Å². The van der Waals surface area contributed by atoms with E-state index >= 15 is 0 Å². The lowest BCUT2D eigenvalue weighted by molar-refractivity contribution is 0.355. The fourth-order valence-corrected chi connectivity index (χ4v) is 5.48. The first-order valence-electron chi connectivity index (χ1n) is 11.3. The summed E-state index contributed by atoms with van der Waals surface area (Å²) in [6.45, 7) is 1.93. The lowest BCUT2D eigenvalue weighted by Gasteiger charge is -2.34. The quantitative estimate of drug-likeness (QED) is 0.399. The first-order valence-corrected chi connectivity index (χ1v) is 11.3. The molecule has 1 atom stereocenters. The molecule has 0 radical (unpaired) electrons. The average molecular weight is 454 g/mol. The van der Waals surface area contributed by atoms with Crippen LogP contribution in [-0.4, -0.2) is 19.7 Å². The Morgan fingerprint density at radius 3 is 2.37 bits per heavy atom. The van der Waals surface area contributed by atoms with Crippen molar-refractivity contribution in [3.8, 4) is 28.9 Å². The molecule has 1 spiro atoms. The summed E-state index contributed by atoms with van der Waals surface area (Å²) in [5.41, 5.74) is 12.7. The summed E-state index contributed by atoms with van der Waals surface area (Å²) >= 11 is 0. The van der Waals surface area contributed by atoms with Gasteiger partial charge in [-0.15, -0.1) is 0 Å². The minimum Gasteiger partial charge on any atom is -0.422 e. The number of aromatic nitrogens is 4. The number of hydrogen-bond acceptors (Lipinski definition) is 6. The van der Waals surface area contributed by atoms with Gasteiger partial charge in [0, 0.05) is 5.56 Å². The highest BCUT2D eigenvalue weighted by Gasteiger charge is 2.57. The molecule has 0 amide bonds. The van der Waals surface area contributed by atoms with E-state index in [4.69, 9.17) is 25.5 Å². The Morgan fingerprint density at radius 1 is 0.914 bits per heavy atom. The average Bonchev–Trinajstić information content (AvgIpc) is 3.36. The van der Waals surface area contributed by atoms with Crippen LogP contribution in [0.1, 0.15) is 22.5 Å². The molecule has 3 heterocycles. The molecule has 2 N–H and O–H groups in total. The second-order valence-electron chi connectivity index (χ2n) is 8.67. The van der Waals surface area contributed by atoms with Crippen LogP contribution in [0.4, 0.5) is 0 Å². The topological polar surface area (TPSA) is 103 Å². The van der Waals surface area contributed by atoms with Gasteiger partial charge in [-0.3, -0.25) is 0 Å². The van der Waals surface area contributed by atoms with Crippen LogP contribution in [0.5, 0.6) is 5.88 Å². The molecule has 7 heteroatoms. The van der Waals surface area contributed by atoms with Gasteiger partial charge in [0.25, 0.3) is 0 Å². The summed E-state index contributed by atoms with van der Waals surface area (Å²) in [6, 6.07) is 27.8. The second-order valence-corrected chi connectivity index (χ2v) is 8.67. The molecule has 35 heavy (non-hydrogen) atoms. The van der Waals surface area contributed by atoms with Crippen molar-refractivity contribution in [1.29, 1.82) is 5.26 Å². The van der Waals surface area contributed by atoms with Gasteiger partial charge in [0.2, 0.25) is 11.8 Å². The maximum atomic E-state index is 10.4. The lowest BCUT2D eigenvalue weighted by Crippen LogP contribution is -2.37. The number of nitrogens with two attached hydrogens (primary N) is 1. The van der Waals surface area contributed by atoms with Crippen molar-refractivity contribution in [2.45, 2.75) is 12.3 Å². The van der Waals surface area contributed by atoms with Crippen LogP contribution in [-0.2, 0) is 5.41 Å². The summed E-state index contributed by atoms with van der Waals surface area (Å²) in [6.07, 6.45) is 0. The van der Waals surface area contributed by atoms with Crippen molar-refractivity contribution in [3.63, 3.8) is 0 Å². The molecule has 1 unspecified atom stereocenters. The first-order chi connectivity index (χ1) is 17.1. The number of nitriles is 1. The third-order valence-electron chi connectivity index (χ3n) is 6.85. The second kappa shape index (κ2) is 6.78. The number of hydrogen-bond donors (Lipinski definition) is 1. The zero-order valence-electron chi connectivity index (χ0n) is 18.7. The van der Waals surface area contributed by atoms with Crippen molar-refractivity contribution in [2.75, 3.05) is 0 Å². The van der Waals surface area contributed by atoms with Gasteiger partial charge in [0.05, 0.1) is 39.4 Å². The number of nitrogens with zero attached hydrogens (tertiary/aromatic N) is 5. The molecule has 5 aromatic rings. The van der Waals surface area contributed by atoms with E-state index in [1.807, 2.05) is 85.8 Å². The highest BCUT2D eigenvalue weighted by atomic mass is 16.5. The zero-order chi connectivity index (χ0) is 23.7. The Bertz CT molecular complexity index is 1760. The number of aryl methyl sites for hydroxylation is 1. The number of para-hydroxylation sites is 3. The van der Waals surface area contributed by atoms with Crippen molar-refractivity contribution in [1.82, 2.24) is 19.7 Å². The lowest BCUT2D eigenvalue weighted by atomic mass is 9.68. The summed E-state index contributed by atoms with van der Waals surface area (Å²) in [4.78, 5) is 10.1. The molecule has 3 aromatic carbocycles. The predicted octanol–water partition coefficient (Wildman–Crippen LogP) is 4.53. The van der Waals surface area contributed by atoms with Gasteiger partial charge in [0.1, 0.15) is 17.1 Å². The number of rotatable bonds is 1. The molecule has 1 aliphatic heterocycles. The van der Waals surface area contributed by atoms with Gasteiger partial charge >= 0.3 is 0 Å². The molecule has 166 valence electrons. The van der Waals surface area contributed by atoms with E-state index in [-0.39, 0.29) is 11.5 Å². The highest BCUT2D eigenvalue weighted by molar-refractivity contribution is 5.89. The highest BCUT2D eigenvalue weighted by Crippen LogP contribution is 2.59. The molecular weight excluding hydrogens is 436 g/mol. The molecule has 0 saturated carbocycles. The van der Waals surface area contributed by atoms with Gasteiger partial charge in [-0.2, -0.15) is 10.4 Å². The monoisotopic (exact) mass is 454 g/mol. The number of ether oxygens (including phenoxy) is 1. The fraction of sp³-hybridized carbons (Fsp3) is 0.0714. The van der Waals surface area contributed by atoms with Crippen molar-refractivity contribution >= 4 is 11.0 Å². The van der Waals surface area contributed by atoms with Gasteiger partial charge < -0.3 is 10.5 Å². The van der Waals surface area contributed by atoms with Crippen molar-refractivity contribution in [2.24, 2.45) is 5.73 Å². The summed E-state index contributed by atoms with van der Waals surface area (Å²) in [5.74, 6) is 0.512.